The molecule has 28 heavy (non-hydrogen) atoms. The predicted molar refractivity (Wildman–Crippen MR) is 111 cm³/mol. The van der Waals surface area contributed by atoms with E-state index in [9.17, 15) is 4.79 Å². The van der Waals surface area contributed by atoms with Crippen LogP contribution < -0.4 is 0 Å². The first kappa shape index (κ1) is 18.9. The van der Waals surface area contributed by atoms with Gasteiger partial charge in [-0.05, 0) is 44.2 Å². The fraction of sp³-hybridized carbons (Fsp3) is 0.158. The van der Waals surface area contributed by atoms with E-state index in [1.807, 2.05) is 42.0 Å². The number of thioether (sulfide) groups is 1. The highest BCUT2D eigenvalue weighted by Gasteiger charge is 2.19. The summed E-state index contributed by atoms with van der Waals surface area (Å²) in [5.74, 6) is 0.616. The summed E-state index contributed by atoms with van der Waals surface area (Å²) in [6.07, 6.45) is 1.75. The molecule has 3 heterocycles. The van der Waals surface area contributed by atoms with Gasteiger partial charge in [0.2, 0.25) is 5.89 Å². The van der Waals surface area contributed by atoms with E-state index in [-0.39, 0.29) is 11.5 Å². The van der Waals surface area contributed by atoms with E-state index in [0.29, 0.717) is 21.7 Å². The molecule has 0 N–H and O–H groups in total. The van der Waals surface area contributed by atoms with Crippen LogP contribution in [-0.4, -0.2) is 31.3 Å². The maximum Gasteiger partial charge on any atom is 0.277 e. The molecule has 3 aromatic heterocycles. The fourth-order valence-electron chi connectivity index (χ4n) is 2.85. The van der Waals surface area contributed by atoms with E-state index >= 15 is 0 Å². The number of aromatic nitrogens is 4. The maximum atomic E-state index is 12.7. The Balaban J connectivity index is 1.47. The van der Waals surface area contributed by atoms with Crippen molar-refractivity contribution in [2.45, 2.75) is 19.1 Å². The van der Waals surface area contributed by atoms with Gasteiger partial charge in [0.05, 0.1) is 5.75 Å². The lowest BCUT2D eigenvalue weighted by atomic mass is 10.2. The topological polar surface area (TPSA) is 73.8 Å². The molecular formula is C19H15ClN4O2S2. The van der Waals surface area contributed by atoms with Crippen molar-refractivity contribution in [3.05, 3.63) is 63.9 Å². The summed E-state index contributed by atoms with van der Waals surface area (Å²) in [5, 5.41) is 11.8. The fourth-order valence-corrected chi connectivity index (χ4v) is 4.37. The number of Topliss-reactive ketones (excluding diaryl/α,β-unsaturated/α-hetero) is 1. The quantitative estimate of drug-likeness (QED) is 0.308. The molecule has 4 aromatic rings. The van der Waals surface area contributed by atoms with Gasteiger partial charge in [0.25, 0.3) is 5.22 Å². The van der Waals surface area contributed by atoms with Gasteiger partial charge in [0, 0.05) is 39.1 Å². The molecule has 0 fully saturated rings. The Bertz CT molecular complexity index is 1120. The largest absolute Gasteiger partial charge is 0.411 e. The molecule has 0 spiro atoms. The standard InChI is InChI=1S/C19H15ClN4O2S2/c1-11-9-15(12(2)24(11)18-21-7-8-27-18)16(25)10-28-19-23-22-17(26-19)13-3-5-14(20)6-4-13/h3-9H,10H2,1-2H3. The molecule has 9 heteroatoms. The van der Waals surface area contributed by atoms with E-state index in [2.05, 4.69) is 15.2 Å². The first-order valence-electron chi connectivity index (χ1n) is 8.37. The van der Waals surface area contributed by atoms with Crippen molar-refractivity contribution in [1.29, 1.82) is 0 Å². The Hall–Kier alpha value is -2.42. The number of carbonyl (C=O) groups excluding carboxylic acids is 1. The lowest BCUT2D eigenvalue weighted by Gasteiger charge is -2.05. The van der Waals surface area contributed by atoms with Crippen LogP contribution in [0.15, 0.2) is 51.5 Å². The Labute approximate surface area is 174 Å². The summed E-state index contributed by atoms with van der Waals surface area (Å²) in [6, 6.07) is 9.03. The number of rotatable bonds is 6. The molecule has 0 saturated carbocycles. The van der Waals surface area contributed by atoms with Crippen molar-refractivity contribution in [1.82, 2.24) is 19.7 Å². The number of hydrogen-bond donors (Lipinski definition) is 0. The van der Waals surface area contributed by atoms with Crippen LogP contribution in [0.5, 0.6) is 0 Å². The minimum atomic E-state index is 0.00662. The summed E-state index contributed by atoms with van der Waals surface area (Å²) < 4.78 is 7.64. The predicted octanol–water partition coefficient (Wildman–Crippen LogP) is 5.23. The molecule has 4 rings (SSSR count). The van der Waals surface area contributed by atoms with E-state index in [4.69, 9.17) is 16.0 Å². The summed E-state index contributed by atoms with van der Waals surface area (Å²) in [6.45, 7) is 3.90. The number of carbonyl (C=O) groups is 1. The van der Waals surface area contributed by atoms with Gasteiger partial charge in [-0.15, -0.1) is 21.5 Å². The molecule has 0 saturated heterocycles. The zero-order valence-corrected chi connectivity index (χ0v) is 17.4. The van der Waals surface area contributed by atoms with Gasteiger partial charge in [-0.1, -0.05) is 23.4 Å². The highest BCUT2D eigenvalue weighted by Crippen LogP contribution is 2.27. The third-order valence-corrected chi connectivity index (χ3v) is 5.99. The second-order valence-corrected chi connectivity index (χ2v) is 8.26. The van der Waals surface area contributed by atoms with Gasteiger partial charge in [-0.3, -0.25) is 9.36 Å². The molecule has 142 valence electrons. The average Bonchev–Trinajstić information content (AvgIpc) is 3.41. The van der Waals surface area contributed by atoms with Crippen molar-refractivity contribution < 1.29 is 9.21 Å². The van der Waals surface area contributed by atoms with Crippen LogP contribution in [-0.2, 0) is 0 Å². The Morgan fingerprint density at radius 1 is 1.25 bits per heavy atom. The van der Waals surface area contributed by atoms with Gasteiger partial charge in [-0.2, -0.15) is 0 Å². The molecule has 0 aliphatic heterocycles. The monoisotopic (exact) mass is 430 g/mol. The molecule has 0 bridgehead atoms. The first-order valence-corrected chi connectivity index (χ1v) is 10.6. The van der Waals surface area contributed by atoms with Crippen molar-refractivity contribution in [3.8, 4) is 16.6 Å². The van der Waals surface area contributed by atoms with Gasteiger partial charge in [0.1, 0.15) is 0 Å². The number of halogens is 1. The molecule has 6 nitrogen and oxygen atoms in total. The zero-order chi connectivity index (χ0) is 19.7. The van der Waals surface area contributed by atoms with Gasteiger partial charge >= 0.3 is 0 Å². The number of hydrogen-bond acceptors (Lipinski definition) is 7. The van der Waals surface area contributed by atoms with Crippen molar-refractivity contribution in [2.24, 2.45) is 0 Å². The van der Waals surface area contributed by atoms with Crippen LogP contribution in [0.2, 0.25) is 5.02 Å². The van der Waals surface area contributed by atoms with Crippen LogP contribution in [0, 0.1) is 13.8 Å². The molecule has 0 unspecified atom stereocenters. The number of benzene rings is 1. The van der Waals surface area contributed by atoms with Gasteiger partial charge in [0.15, 0.2) is 10.9 Å². The summed E-state index contributed by atoms with van der Waals surface area (Å²) in [5.41, 5.74) is 3.31. The van der Waals surface area contributed by atoms with E-state index < -0.39 is 0 Å². The van der Waals surface area contributed by atoms with Crippen molar-refractivity contribution >= 4 is 40.5 Å². The Morgan fingerprint density at radius 3 is 2.75 bits per heavy atom. The number of aryl methyl sites for hydroxylation is 1. The molecule has 0 aliphatic carbocycles. The average molecular weight is 431 g/mol. The third-order valence-electron chi connectivity index (χ3n) is 4.17. The number of ketones is 1. The SMILES string of the molecule is Cc1cc(C(=O)CSc2nnc(-c3ccc(Cl)cc3)o2)c(C)n1-c1nccs1. The molecule has 0 aliphatic rings. The van der Waals surface area contributed by atoms with Crippen LogP contribution >= 0.6 is 34.7 Å². The molecule has 0 radical (unpaired) electrons. The zero-order valence-electron chi connectivity index (χ0n) is 15.0. The third kappa shape index (κ3) is 3.76. The van der Waals surface area contributed by atoms with Crippen molar-refractivity contribution in [3.63, 3.8) is 0 Å². The number of nitrogens with zero attached hydrogens (tertiary/aromatic N) is 4. The van der Waals surface area contributed by atoms with Gasteiger partial charge < -0.3 is 4.42 Å². The van der Waals surface area contributed by atoms with E-state index in [1.165, 1.54) is 23.1 Å². The second kappa shape index (κ2) is 7.90. The molecule has 0 amide bonds. The molecular weight excluding hydrogens is 416 g/mol. The second-order valence-electron chi connectivity index (χ2n) is 6.03. The maximum absolute atomic E-state index is 12.7. The van der Waals surface area contributed by atoms with E-state index in [1.54, 1.807) is 18.3 Å². The van der Waals surface area contributed by atoms with Gasteiger partial charge in [-0.25, -0.2) is 4.98 Å². The Kier molecular flexibility index (Phi) is 5.34. The molecule has 0 atom stereocenters. The first-order chi connectivity index (χ1) is 13.5. The normalized spacial score (nSPS) is 11.1. The lowest BCUT2D eigenvalue weighted by molar-refractivity contribution is 0.102. The Morgan fingerprint density at radius 2 is 2.04 bits per heavy atom. The highest BCUT2D eigenvalue weighted by molar-refractivity contribution is 7.99. The van der Waals surface area contributed by atoms with Crippen LogP contribution in [0.4, 0.5) is 0 Å². The van der Waals surface area contributed by atoms with Crippen LogP contribution in [0.25, 0.3) is 16.6 Å². The summed E-state index contributed by atoms with van der Waals surface area (Å²) in [4.78, 5) is 17.1. The molecule has 1 aromatic carbocycles. The minimum absolute atomic E-state index is 0.00662. The number of thiazole rings is 1. The van der Waals surface area contributed by atoms with Crippen LogP contribution in [0.1, 0.15) is 21.7 Å². The summed E-state index contributed by atoms with van der Waals surface area (Å²) in [7, 11) is 0. The van der Waals surface area contributed by atoms with E-state index in [0.717, 1.165) is 22.1 Å². The van der Waals surface area contributed by atoms with Crippen molar-refractivity contribution in [2.75, 3.05) is 5.75 Å². The minimum Gasteiger partial charge on any atom is -0.411 e. The van der Waals surface area contributed by atoms with Crippen LogP contribution in [0.3, 0.4) is 0 Å². The highest BCUT2D eigenvalue weighted by atomic mass is 35.5. The smallest absolute Gasteiger partial charge is 0.277 e. The summed E-state index contributed by atoms with van der Waals surface area (Å²) >= 11 is 8.65. The lowest BCUT2D eigenvalue weighted by Crippen LogP contribution is -2.05.